The molecule has 0 unspecified atom stereocenters. The Morgan fingerprint density at radius 2 is 2.22 bits per heavy atom. The lowest BCUT2D eigenvalue weighted by atomic mass is 10.2. The van der Waals surface area contributed by atoms with E-state index in [0.717, 1.165) is 22.8 Å². The van der Waals surface area contributed by atoms with E-state index in [4.69, 9.17) is 17.0 Å². The number of hydrogen-bond acceptors (Lipinski definition) is 6. The van der Waals surface area contributed by atoms with Crippen LogP contribution in [0.25, 0.3) is 11.5 Å². The van der Waals surface area contributed by atoms with Gasteiger partial charge in [-0.05, 0) is 6.07 Å². The van der Waals surface area contributed by atoms with Gasteiger partial charge in [0.2, 0.25) is 5.88 Å². The highest BCUT2D eigenvalue weighted by atomic mass is 32.2. The summed E-state index contributed by atoms with van der Waals surface area (Å²) in [5, 5.41) is 7.99. The number of rotatable bonds is 2. The first-order valence-corrected chi connectivity index (χ1v) is 6.92. The number of methoxy groups -OCH3 is 1. The minimum atomic E-state index is 0.481. The van der Waals surface area contributed by atoms with Crippen LogP contribution in [0.2, 0.25) is 0 Å². The molecule has 2 aromatic heterocycles. The average Bonchev–Trinajstić information content (AvgIpc) is 2.88. The zero-order chi connectivity index (χ0) is 12.5. The minimum Gasteiger partial charge on any atom is -0.480 e. The van der Waals surface area contributed by atoms with Crippen LogP contribution in [0.4, 0.5) is 0 Å². The van der Waals surface area contributed by atoms with Gasteiger partial charge in [-0.1, -0.05) is 12.2 Å². The number of nitrogens with zero attached hydrogens (tertiary/aromatic N) is 3. The number of nitrogens with one attached hydrogen (secondary N) is 1. The van der Waals surface area contributed by atoms with E-state index in [2.05, 4.69) is 20.2 Å². The van der Waals surface area contributed by atoms with Crippen LogP contribution in [0, 0.1) is 4.64 Å². The zero-order valence-electron chi connectivity index (χ0n) is 9.64. The maximum Gasteiger partial charge on any atom is 0.233 e. The van der Waals surface area contributed by atoms with Gasteiger partial charge in [0.1, 0.15) is 10.3 Å². The van der Waals surface area contributed by atoms with Crippen LogP contribution < -0.4 is 4.74 Å². The minimum absolute atomic E-state index is 0.481. The van der Waals surface area contributed by atoms with Crippen LogP contribution in [-0.2, 0) is 11.5 Å². The van der Waals surface area contributed by atoms with E-state index >= 15 is 0 Å². The molecule has 0 spiro atoms. The molecule has 3 rings (SSSR count). The smallest absolute Gasteiger partial charge is 0.233 e. The lowest BCUT2D eigenvalue weighted by molar-refractivity contribution is 0.392. The van der Waals surface area contributed by atoms with Crippen LogP contribution in [0.3, 0.4) is 0 Å². The molecule has 0 saturated carbocycles. The Balaban J connectivity index is 2.06. The van der Waals surface area contributed by atoms with Crippen molar-refractivity contribution in [1.29, 1.82) is 0 Å². The van der Waals surface area contributed by atoms with Crippen LogP contribution in [0.1, 0.15) is 11.3 Å². The lowest BCUT2D eigenvalue weighted by Gasteiger charge is -2.04. The number of ether oxygens (including phenoxy) is 1. The number of aromatic nitrogens is 4. The van der Waals surface area contributed by atoms with Gasteiger partial charge >= 0.3 is 0 Å². The van der Waals surface area contributed by atoms with E-state index in [1.807, 2.05) is 17.8 Å². The fraction of sp³-hybridized carbons (Fsp3) is 0.273. The Morgan fingerprint density at radius 3 is 2.94 bits per heavy atom. The first-order chi connectivity index (χ1) is 8.78. The maximum atomic E-state index is 5.30. The van der Waals surface area contributed by atoms with Crippen LogP contribution in [0.5, 0.6) is 5.88 Å². The Bertz CT molecular complexity index is 638. The predicted octanol–water partition coefficient (Wildman–Crippen LogP) is 2.35. The fourth-order valence-corrected chi connectivity index (χ4v) is 3.19. The third kappa shape index (κ3) is 1.99. The van der Waals surface area contributed by atoms with E-state index in [0.29, 0.717) is 22.0 Å². The number of thioether (sulfide) groups is 1. The second-order valence-corrected chi connectivity index (χ2v) is 5.17. The monoisotopic (exact) mass is 278 g/mol. The molecule has 3 heterocycles. The van der Waals surface area contributed by atoms with E-state index < -0.39 is 0 Å². The van der Waals surface area contributed by atoms with Crippen molar-refractivity contribution in [3.8, 4) is 17.4 Å². The van der Waals surface area contributed by atoms with E-state index in [1.54, 1.807) is 13.2 Å². The molecule has 18 heavy (non-hydrogen) atoms. The fourth-order valence-electron chi connectivity index (χ4n) is 1.75. The number of fused-ring (bicyclic) bond motifs is 1. The molecule has 1 aliphatic rings. The molecular formula is C11H10N4OS2. The van der Waals surface area contributed by atoms with Crippen molar-refractivity contribution in [2.75, 3.05) is 7.11 Å². The molecule has 0 aliphatic carbocycles. The highest BCUT2D eigenvalue weighted by Gasteiger charge is 2.16. The van der Waals surface area contributed by atoms with E-state index in [9.17, 15) is 0 Å². The molecule has 5 nitrogen and oxygen atoms in total. The van der Waals surface area contributed by atoms with Crippen LogP contribution in [-0.4, -0.2) is 27.3 Å². The van der Waals surface area contributed by atoms with Gasteiger partial charge in [0, 0.05) is 28.8 Å². The van der Waals surface area contributed by atoms with Gasteiger partial charge in [0.05, 0.1) is 7.11 Å². The number of hydrogen-bond donors (Lipinski definition) is 1. The van der Waals surface area contributed by atoms with Gasteiger partial charge in [0.15, 0.2) is 5.82 Å². The summed E-state index contributed by atoms with van der Waals surface area (Å²) in [5.74, 6) is 3.02. The second kappa shape index (κ2) is 4.66. The van der Waals surface area contributed by atoms with Gasteiger partial charge in [-0.2, -0.15) is 11.8 Å². The summed E-state index contributed by atoms with van der Waals surface area (Å²) >= 11 is 7.13. The lowest BCUT2D eigenvalue weighted by Crippen LogP contribution is -2.00. The molecule has 92 valence electrons. The standard InChI is InChI=1S/C11H10N4OS2/c1-16-9-3-2-7(14-15-9)10-12-8-5-18-4-6(8)11(17)13-10/h2-3H,4-5H2,1H3,(H,12,13,17). The third-order valence-corrected chi connectivity index (χ3v) is 4.01. The van der Waals surface area contributed by atoms with Gasteiger partial charge in [-0.15, -0.1) is 10.2 Å². The highest BCUT2D eigenvalue weighted by Crippen LogP contribution is 2.29. The Labute approximate surface area is 113 Å². The Hall–Kier alpha value is -1.47. The number of H-pyrrole nitrogens is 1. The molecule has 7 heteroatoms. The van der Waals surface area contributed by atoms with Crippen LogP contribution in [0.15, 0.2) is 12.1 Å². The van der Waals surface area contributed by atoms with Gasteiger partial charge in [-0.3, -0.25) is 0 Å². The molecule has 0 amide bonds. The van der Waals surface area contributed by atoms with Gasteiger partial charge in [0.25, 0.3) is 0 Å². The van der Waals surface area contributed by atoms with E-state index in [-0.39, 0.29) is 0 Å². The molecule has 2 aromatic rings. The average molecular weight is 278 g/mol. The van der Waals surface area contributed by atoms with Crippen molar-refractivity contribution < 1.29 is 4.74 Å². The normalized spacial score (nSPS) is 13.4. The van der Waals surface area contributed by atoms with Gasteiger partial charge < -0.3 is 9.72 Å². The summed E-state index contributed by atoms with van der Waals surface area (Å²) in [5.41, 5.74) is 2.95. The maximum absolute atomic E-state index is 5.30. The second-order valence-electron chi connectivity index (χ2n) is 3.80. The molecule has 0 fully saturated rings. The van der Waals surface area contributed by atoms with Crippen molar-refractivity contribution in [3.63, 3.8) is 0 Å². The van der Waals surface area contributed by atoms with Crippen LogP contribution >= 0.6 is 24.0 Å². The topological polar surface area (TPSA) is 63.7 Å². The zero-order valence-corrected chi connectivity index (χ0v) is 11.3. The van der Waals surface area contributed by atoms with Crippen molar-refractivity contribution in [2.45, 2.75) is 11.5 Å². The first kappa shape index (κ1) is 11.6. The summed E-state index contributed by atoms with van der Waals surface area (Å²) in [6.45, 7) is 0. The first-order valence-electron chi connectivity index (χ1n) is 5.36. The summed E-state index contributed by atoms with van der Waals surface area (Å²) < 4.78 is 5.63. The largest absolute Gasteiger partial charge is 0.480 e. The molecule has 0 atom stereocenters. The molecule has 0 bridgehead atoms. The van der Waals surface area contributed by atoms with Crippen molar-refractivity contribution in [1.82, 2.24) is 20.2 Å². The molecule has 0 radical (unpaired) electrons. The molecule has 1 aliphatic heterocycles. The summed E-state index contributed by atoms with van der Waals surface area (Å²) in [6.07, 6.45) is 0. The highest BCUT2D eigenvalue weighted by molar-refractivity contribution is 7.98. The van der Waals surface area contributed by atoms with Crippen molar-refractivity contribution in [3.05, 3.63) is 28.0 Å². The Kier molecular flexibility index (Phi) is 3.00. The molecular weight excluding hydrogens is 268 g/mol. The summed E-state index contributed by atoms with van der Waals surface area (Å²) in [6, 6.07) is 3.57. The summed E-state index contributed by atoms with van der Waals surface area (Å²) in [4.78, 5) is 7.65. The number of aromatic amines is 1. The van der Waals surface area contributed by atoms with Crippen molar-refractivity contribution >= 4 is 24.0 Å². The third-order valence-electron chi connectivity index (χ3n) is 2.69. The SMILES string of the molecule is COc1ccc(-c2nc(=S)c3c([nH]2)CSC3)nn1. The van der Waals surface area contributed by atoms with Gasteiger partial charge in [-0.25, -0.2) is 4.98 Å². The Morgan fingerprint density at radius 1 is 1.33 bits per heavy atom. The molecule has 0 saturated heterocycles. The summed E-state index contributed by atoms with van der Waals surface area (Å²) in [7, 11) is 1.56. The molecule has 1 N–H and O–H groups in total. The van der Waals surface area contributed by atoms with Crippen molar-refractivity contribution in [2.24, 2.45) is 0 Å². The van der Waals surface area contributed by atoms with E-state index in [1.165, 1.54) is 0 Å². The molecule has 0 aromatic carbocycles. The predicted molar refractivity (Wildman–Crippen MR) is 72.0 cm³/mol. The quantitative estimate of drug-likeness (QED) is 0.851.